The Labute approximate surface area is 126 Å². The third-order valence-corrected chi connectivity index (χ3v) is 16.6. The van der Waals surface area contributed by atoms with Crippen LogP contribution in [0.25, 0.3) is 0 Å². The summed E-state index contributed by atoms with van der Waals surface area (Å²) in [5, 5.41) is 2.98. The fourth-order valence-electron chi connectivity index (χ4n) is 1.85. The average molecular weight is 357 g/mol. The summed E-state index contributed by atoms with van der Waals surface area (Å²) in [6, 6.07) is 8.52. The molecule has 1 aromatic carbocycles. The Balaban J connectivity index is 1.82. The number of hydrogen-bond donors (Lipinski definition) is 1. The second-order valence-electron chi connectivity index (χ2n) is 4.48. The normalized spacial score (nSPS) is 15.6. The van der Waals surface area contributed by atoms with Crippen LogP contribution in [0.4, 0.5) is 5.69 Å². The van der Waals surface area contributed by atoms with E-state index < -0.39 is 12.3 Å². The number of benzene rings is 1. The molecular formula is C14H20AsNOS2. The van der Waals surface area contributed by atoms with Gasteiger partial charge in [-0.3, -0.25) is 0 Å². The zero-order valence-electron chi connectivity index (χ0n) is 11.2. The van der Waals surface area contributed by atoms with Crippen molar-refractivity contribution < 1.29 is 4.79 Å². The molecule has 1 saturated heterocycles. The van der Waals surface area contributed by atoms with Gasteiger partial charge in [0.1, 0.15) is 0 Å². The van der Waals surface area contributed by atoms with Gasteiger partial charge in [0.25, 0.3) is 0 Å². The molecule has 1 aromatic rings. The van der Waals surface area contributed by atoms with Gasteiger partial charge in [-0.25, -0.2) is 0 Å². The maximum atomic E-state index is 11.7. The van der Waals surface area contributed by atoms with Crippen molar-refractivity contribution in [3.8, 4) is 0 Å². The molecule has 0 atom stereocenters. The summed E-state index contributed by atoms with van der Waals surface area (Å²) < 4.78 is 1.50. The summed E-state index contributed by atoms with van der Waals surface area (Å²) in [4.78, 5) is 11.7. The molecule has 0 unspecified atom stereocenters. The van der Waals surface area contributed by atoms with Crippen molar-refractivity contribution in [3.05, 3.63) is 24.3 Å². The molecule has 1 aliphatic heterocycles. The van der Waals surface area contributed by atoms with Crippen molar-refractivity contribution in [1.82, 2.24) is 0 Å². The van der Waals surface area contributed by atoms with Crippen molar-refractivity contribution in [2.75, 3.05) is 16.8 Å². The quantitative estimate of drug-likeness (QED) is 0.625. The van der Waals surface area contributed by atoms with E-state index in [0.717, 1.165) is 24.9 Å². The molecule has 0 radical (unpaired) electrons. The molecule has 0 aliphatic carbocycles. The van der Waals surface area contributed by atoms with Crippen LogP contribution >= 0.6 is 20.0 Å². The van der Waals surface area contributed by atoms with Crippen LogP contribution in [0.5, 0.6) is 0 Å². The van der Waals surface area contributed by atoms with E-state index >= 15 is 0 Å². The topological polar surface area (TPSA) is 29.1 Å². The predicted molar refractivity (Wildman–Crippen MR) is 89.5 cm³/mol. The van der Waals surface area contributed by atoms with Gasteiger partial charge in [-0.15, -0.1) is 0 Å². The molecule has 19 heavy (non-hydrogen) atoms. The van der Waals surface area contributed by atoms with Gasteiger partial charge in [0, 0.05) is 0 Å². The molecule has 0 bridgehead atoms. The molecule has 104 valence electrons. The van der Waals surface area contributed by atoms with Crippen LogP contribution in [0, 0.1) is 0 Å². The SMILES string of the molecule is CCCCCC(=O)Nc1ccc([As]2SCCS2)cc1. The van der Waals surface area contributed by atoms with Crippen molar-refractivity contribution in [2.45, 2.75) is 32.6 Å². The number of rotatable bonds is 6. The Morgan fingerprint density at radius 2 is 1.89 bits per heavy atom. The summed E-state index contributed by atoms with van der Waals surface area (Å²) in [6.45, 7) is 2.15. The summed E-state index contributed by atoms with van der Waals surface area (Å²) in [5.74, 6) is 2.75. The Morgan fingerprint density at radius 1 is 1.21 bits per heavy atom. The summed E-state index contributed by atoms with van der Waals surface area (Å²) >= 11 is -0.867. The van der Waals surface area contributed by atoms with Crippen molar-refractivity contribution >= 4 is 48.3 Å². The van der Waals surface area contributed by atoms with Crippen LogP contribution in [-0.4, -0.2) is 29.8 Å². The first-order valence-corrected chi connectivity index (χ1v) is 14.2. The van der Waals surface area contributed by atoms with Gasteiger partial charge in [-0.1, -0.05) is 0 Å². The van der Waals surface area contributed by atoms with E-state index in [-0.39, 0.29) is 5.91 Å². The van der Waals surface area contributed by atoms with Crippen LogP contribution in [-0.2, 0) is 4.79 Å². The van der Waals surface area contributed by atoms with Gasteiger partial charge in [-0.2, -0.15) is 0 Å². The summed E-state index contributed by atoms with van der Waals surface area (Å²) in [6.07, 6.45) is 3.92. The first-order chi connectivity index (χ1) is 9.29. The van der Waals surface area contributed by atoms with Gasteiger partial charge in [-0.05, 0) is 0 Å². The maximum absolute atomic E-state index is 11.7. The zero-order valence-corrected chi connectivity index (χ0v) is 14.7. The number of hydrogen-bond acceptors (Lipinski definition) is 3. The van der Waals surface area contributed by atoms with Crippen LogP contribution in [0.1, 0.15) is 32.6 Å². The average Bonchev–Trinajstić information content (AvgIpc) is 2.94. The van der Waals surface area contributed by atoms with Crippen LogP contribution in [0.15, 0.2) is 24.3 Å². The molecule has 1 heterocycles. The Morgan fingerprint density at radius 3 is 2.53 bits per heavy atom. The van der Waals surface area contributed by atoms with E-state index in [9.17, 15) is 4.79 Å². The molecule has 1 fully saturated rings. The van der Waals surface area contributed by atoms with Gasteiger partial charge in [0.05, 0.1) is 0 Å². The number of nitrogens with one attached hydrogen (secondary N) is 1. The molecule has 2 rings (SSSR count). The second kappa shape index (κ2) is 8.28. The number of carbonyl (C=O) groups is 1. The Hall–Kier alpha value is -0.0516. The molecule has 1 aliphatic rings. The fraction of sp³-hybridized carbons (Fsp3) is 0.500. The number of amides is 1. The van der Waals surface area contributed by atoms with E-state index in [4.69, 9.17) is 0 Å². The molecule has 2 nitrogen and oxygen atoms in total. The second-order valence-corrected chi connectivity index (χ2v) is 16.2. The van der Waals surface area contributed by atoms with Gasteiger partial charge < -0.3 is 0 Å². The molecule has 0 aromatic heterocycles. The van der Waals surface area contributed by atoms with Crippen LogP contribution < -0.4 is 9.67 Å². The number of anilines is 1. The van der Waals surface area contributed by atoms with Crippen LogP contribution in [0.3, 0.4) is 0 Å². The van der Waals surface area contributed by atoms with E-state index in [0.29, 0.717) is 6.42 Å². The summed E-state index contributed by atoms with van der Waals surface area (Å²) in [5.41, 5.74) is 0.938. The van der Waals surface area contributed by atoms with Gasteiger partial charge in [0.15, 0.2) is 0 Å². The first kappa shape index (κ1) is 15.3. The molecule has 5 heteroatoms. The van der Waals surface area contributed by atoms with Crippen molar-refractivity contribution in [1.29, 1.82) is 0 Å². The monoisotopic (exact) mass is 357 g/mol. The first-order valence-electron chi connectivity index (χ1n) is 6.75. The van der Waals surface area contributed by atoms with E-state index in [2.05, 4.69) is 56.6 Å². The van der Waals surface area contributed by atoms with E-state index in [1.54, 1.807) is 0 Å². The van der Waals surface area contributed by atoms with Crippen molar-refractivity contribution in [2.24, 2.45) is 0 Å². The third-order valence-electron chi connectivity index (χ3n) is 2.87. The number of carbonyl (C=O) groups excluding carboxylic acids is 1. The summed E-state index contributed by atoms with van der Waals surface area (Å²) in [7, 11) is 4.30. The molecule has 0 spiro atoms. The fourth-order valence-corrected chi connectivity index (χ4v) is 16.0. The van der Waals surface area contributed by atoms with Crippen LogP contribution in [0.2, 0.25) is 0 Å². The Bertz CT molecular complexity index is 404. The standard InChI is InChI=1S/C14H20AsNOS2/c1-2-3-4-5-14(17)16-13-8-6-12(7-9-13)15-18-10-11-19-15/h6-9H,2-5,10-11H2,1H3,(H,16,17). The number of unbranched alkanes of at least 4 members (excludes halogenated alkanes) is 2. The zero-order chi connectivity index (χ0) is 13.5. The minimum absolute atomic E-state index is 0.142. The molecule has 1 N–H and O–H groups in total. The van der Waals surface area contributed by atoms with Gasteiger partial charge >= 0.3 is 127 Å². The molecule has 1 amide bonds. The third kappa shape index (κ3) is 5.09. The Kier molecular flexibility index (Phi) is 6.69. The van der Waals surface area contributed by atoms with Crippen molar-refractivity contribution in [3.63, 3.8) is 0 Å². The van der Waals surface area contributed by atoms with Gasteiger partial charge in [0.2, 0.25) is 0 Å². The van der Waals surface area contributed by atoms with E-state index in [1.165, 1.54) is 15.9 Å². The minimum atomic E-state index is -0.867. The molecular weight excluding hydrogens is 337 g/mol. The van der Waals surface area contributed by atoms with E-state index in [1.807, 2.05) is 0 Å². The predicted octanol–water partition coefficient (Wildman–Crippen LogP) is 3.38. The molecule has 0 saturated carbocycles.